The molecule has 0 amide bonds. The van der Waals surface area contributed by atoms with Crippen molar-refractivity contribution in [1.29, 1.82) is 0 Å². The van der Waals surface area contributed by atoms with Crippen LogP contribution in [-0.4, -0.2) is 32.4 Å². The van der Waals surface area contributed by atoms with E-state index in [0.29, 0.717) is 22.6 Å². The van der Waals surface area contributed by atoms with E-state index in [4.69, 9.17) is 4.74 Å². The van der Waals surface area contributed by atoms with Gasteiger partial charge in [0.2, 0.25) is 4.34 Å². The number of hydrogen-bond acceptors (Lipinski definition) is 6. The molecular formula is C22H23FN2O4S2. The zero-order chi connectivity index (χ0) is 22.6. The summed E-state index contributed by atoms with van der Waals surface area (Å²) >= 11 is 0.998. The van der Waals surface area contributed by atoms with Crippen LogP contribution in [0.5, 0.6) is 5.75 Å². The van der Waals surface area contributed by atoms with Crippen molar-refractivity contribution >= 4 is 33.3 Å². The largest absolute Gasteiger partial charge is 0.486 e. The molecule has 1 heterocycles. The van der Waals surface area contributed by atoms with Crippen LogP contribution in [-0.2, 0) is 16.6 Å². The number of hydrogen-bond donors (Lipinski definition) is 0. The molecule has 0 aliphatic heterocycles. The third kappa shape index (κ3) is 5.29. The van der Waals surface area contributed by atoms with Gasteiger partial charge in [-0.1, -0.05) is 36.4 Å². The molecule has 6 nitrogen and oxygen atoms in total. The van der Waals surface area contributed by atoms with Gasteiger partial charge < -0.3 is 4.74 Å². The number of para-hydroxylation sites is 1. The first-order valence-corrected chi connectivity index (χ1v) is 11.9. The molecule has 0 aliphatic carbocycles. The second-order valence-corrected chi connectivity index (χ2v) is 10.0. The molecule has 164 valence electrons. The van der Waals surface area contributed by atoms with Gasteiger partial charge in [-0.05, 0) is 38.0 Å². The first-order chi connectivity index (χ1) is 14.7. The third-order valence-electron chi connectivity index (χ3n) is 4.48. The van der Waals surface area contributed by atoms with Gasteiger partial charge in [-0.25, -0.2) is 9.37 Å². The molecule has 9 heteroatoms. The molecule has 3 rings (SSSR count). The number of ether oxygens (including phenoxy) is 1. The number of alkyl halides is 1. The maximum absolute atomic E-state index is 14.1. The zero-order valence-corrected chi connectivity index (χ0v) is 19.0. The number of thiazole rings is 1. The Kier molecular flexibility index (Phi) is 7.07. The maximum Gasteiger partial charge on any atom is 0.291 e. The Hall–Kier alpha value is -2.78. The van der Waals surface area contributed by atoms with Gasteiger partial charge in [0.05, 0.1) is 12.2 Å². The second-order valence-electron chi connectivity index (χ2n) is 7.14. The van der Waals surface area contributed by atoms with Crippen molar-refractivity contribution < 1.29 is 22.3 Å². The van der Waals surface area contributed by atoms with Gasteiger partial charge in [0.15, 0.2) is 0 Å². The van der Waals surface area contributed by atoms with Gasteiger partial charge >= 0.3 is 0 Å². The van der Waals surface area contributed by atoms with Gasteiger partial charge in [-0.3, -0.25) is 9.10 Å². The van der Waals surface area contributed by atoms with Crippen LogP contribution >= 0.6 is 11.3 Å². The standard InChI is InChI=1S/C22H23FN2O4S2/c1-15-5-4-6-20(21(15)29-13-19-9-7-18(12-26)8-10-19)25(11-16(2)23)31(27,28)22-24-17(3)14-30-22/h4-10,12,14,16H,11,13H2,1-3H3. The minimum Gasteiger partial charge on any atom is -0.486 e. The number of carbonyl (C=O) groups excluding carboxylic acids is 1. The van der Waals surface area contributed by atoms with Gasteiger partial charge in [-0.2, -0.15) is 8.42 Å². The Balaban J connectivity index is 1.99. The predicted octanol–water partition coefficient (Wildman–Crippen LogP) is 4.70. The number of sulfonamides is 1. The molecule has 0 N–H and O–H groups in total. The molecule has 0 aliphatic rings. The highest BCUT2D eigenvalue weighted by Gasteiger charge is 2.31. The highest BCUT2D eigenvalue weighted by molar-refractivity contribution is 7.94. The Morgan fingerprint density at radius 2 is 1.90 bits per heavy atom. The topological polar surface area (TPSA) is 76.6 Å². The monoisotopic (exact) mass is 462 g/mol. The van der Waals surface area contributed by atoms with Crippen molar-refractivity contribution in [2.45, 2.75) is 37.9 Å². The lowest BCUT2D eigenvalue weighted by Gasteiger charge is -2.26. The number of carbonyl (C=O) groups is 1. The number of aromatic nitrogens is 1. The number of anilines is 1. The van der Waals surface area contributed by atoms with Gasteiger partial charge in [-0.15, -0.1) is 11.3 Å². The van der Waals surface area contributed by atoms with Crippen molar-refractivity contribution in [1.82, 2.24) is 4.98 Å². The number of aryl methyl sites for hydroxylation is 2. The van der Waals surface area contributed by atoms with Crippen LogP contribution in [0.25, 0.3) is 0 Å². The molecule has 2 aromatic carbocycles. The quantitative estimate of drug-likeness (QED) is 0.431. The van der Waals surface area contributed by atoms with Crippen molar-refractivity contribution in [3.05, 3.63) is 70.2 Å². The fourth-order valence-corrected chi connectivity index (χ4v) is 5.64. The number of aldehydes is 1. The van der Waals surface area contributed by atoms with Crippen LogP contribution in [0.15, 0.2) is 52.2 Å². The summed E-state index contributed by atoms with van der Waals surface area (Å²) in [5.74, 6) is 0.347. The van der Waals surface area contributed by atoms with Crippen LogP contribution in [0.3, 0.4) is 0 Å². The van der Waals surface area contributed by atoms with Gasteiger partial charge in [0, 0.05) is 16.6 Å². The number of rotatable bonds is 9. The van der Waals surface area contributed by atoms with Crippen molar-refractivity contribution in [3.8, 4) is 5.75 Å². The Labute approximate surface area is 185 Å². The van der Waals surface area contributed by atoms with E-state index in [9.17, 15) is 17.6 Å². The lowest BCUT2D eigenvalue weighted by Crippen LogP contribution is -2.36. The number of halogens is 1. The van der Waals surface area contributed by atoms with E-state index in [2.05, 4.69) is 4.98 Å². The molecule has 0 radical (unpaired) electrons. The van der Waals surface area contributed by atoms with E-state index < -0.39 is 16.2 Å². The molecule has 0 bridgehead atoms. The number of benzene rings is 2. The molecular weight excluding hydrogens is 439 g/mol. The lowest BCUT2D eigenvalue weighted by atomic mass is 10.1. The molecule has 0 spiro atoms. The van der Waals surface area contributed by atoms with Gasteiger partial charge in [0.1, 0.15) is 24.8 Å². The smallest absolute Gasteiger partial charge is 0.291 e. The molecule has 1 unspecified atom stereocenters. The average Bonchev–Trinajstić information content (AvgIpc) is 3.18. The molecule has 0 saturated carbocycles. The van der Waals surface area contributed by atoms with Crippen LogP contribution in [0.4, 0.5) is 10.1 Å². The van der Waals surface area contributed by atoms with Crippen molar-refractivity contribution in [3.63, 3.8) is 0 Å². The Morgan fingerprint density at radius 3 is 2.48 bits per heavy atom. The van der Waals surface area contributed by atoms with Crippen molar-refractivity contribution in [2.75, 3.05) is 10.8 Å². The zero-order valence-electron chi connectivity index (χ0n) is 17.4. The molecule has 3 aromatic rings. The van der Waals surface area contributed by atoms with Crippen LogP contribution in [0.1, 0.15) is 34.1 Å². The van der Waals surface area contributed by atoms with E-state index in [1.807, 2.05) is 0 Å². The first kappa shape index (κ1) is 22.9. The minimum absolute atomic E-state index is 0.0949. The molecule has 0 saturated heterocycles. The maximum atomic E-state index is 14.1. The summed E-state index contributed by atoms with van der Waals surface area (Å²) in [5, 5.41) is 1.64. The van der Waals surface area contributed by atoms with E-state index in [1.54, 1.807) is 61.7 Å². The van der Waals surface area contributed by atoms with E-state index in [1.165, 1.54) is 6.92 Å². The summed E-state index contributed by atoms with van der Waals surface area (Å²) in [4.78, 5) is 14.9. The Morgan fingerprint density at radius 1 is 1.19 bits per heavy atom. The minimum atomic E-state index is -4.08. The number of nitrogens with zero attached hydrogens (tertiary/aromatic N) is 2. The second kappa shape index (κ2) is 9.57. The molecule has 1 aromatic heterocycles. The summed E-state index contributed by atoms with van der Waals surface area (Å²) in [6, 6.07) is 12.0. The van der Waals surface area contributed by atoms with E-state index in [-0.39, 0.29) is 23.2 Å². The van der Waals surface area contributed by atoms with E-state index >= 15 is 0 Å². The molecule has 31 heavy (non-hydrogen) atoms. The average molecular weight is 463 g/mol. The fourth-order valence-electron chi connectivity index (χ4n) is 2.97. The molecule has 0 fully saturated rings. The normalized spacial score (nSPS) is 12.4. The molecule has 1 atom stereocenters. The van der Waals surface area contributed by atoms with E-state index in [0.717, 1.165) is 27.5 Å². The van der Waals surface area contributed by atoms with Crippen LogP contribution in [0, 0.1) is 13.8 Å². The Bertz CT molecular complexity index is 1160. The summed E-state index contributed by atoms with van der Waals surface area (Å²) in [6.07, 6.45) is -0.647. The summed E-state index contributed by atoms with van der Waals surface area (Å²) in [5.41, 5.74) is 2.90. The first-order valence-electron chi connectivity index (χ1n) is 9.58. The summed E-state index contributed by atoms with van der Waals surface area (Å²) < 4.78 is 47.6. The summed E-state index contributed by atoms with van der Waals surface area (Å²) in [7, 11) is -4.08. The SMILES string of the molecule is Cc1csc(S(=O)(=O)N(CC(C)F)c2cccc(C)c2OCc2ccc(C=O)cc2)n1. The fraction of sp³-hybridized carbons (Fsp3) is 0.273. The summed E-state index contributed by atoms with van der Waals surface area (Å²) in [6.45, 7) is 4.60. The lowest BCUT2D eigenvalue weighted by molar-refractivity contribution is 0.112. The highest BCUT2D eigenvalue weighted by atomic mass is 32.2. The van der Waals surface area contributed by atoms with Crippen LogP contribution < -0.4 is 9.04 Å². The van der Waals surface area contributed by atoms with Crippen molar-refractivity contribution in [2.24, 2.45) is 0 Å². The van der Waals surface area contributed by atoms with Crippen LogP contribution in [0.2, 0.25) is 0 Å². The third-order valence-corrected chi connectivity index (χ3v) is 7.62. The van der Waals surface area contributed by atoms with Gasteiger partial charge in [0.25, 0.3) is 10.0 Å². The predicted molar refractivity (Wildman–Crippen MR) is 119 cm³/mol. The highest BCUT2D eigenvalue weighted by Crippen LogP contribution is 2.36.